The molecule has 1 atom stereocenters. The van der Waals surface area contributed by atoms with Gasteiger partial charge in [0.2, 0.25) is 0 Å². The normalized spacial score (nSPS) is 31.9. The molecular formula is C16H24N2. The average molecular weight is 244 g/mol. The molecule has 1 saturated heterocycles. The summed E-state index contributed by atoms with van der Waals surface area (Å²) in [6.07, 6.45) is 4.15. The van der Waals surface area contributed by atoms with Crippen LogP contribution in [0.4, 0.5) is 0 Å². The van der Waals surface area contributed by atoms with Crippen LogP contribution in [0, 0.1) is 0 Å². The van der Waals surface area contributed by atoms with E-state index in [0.29, 0.717) is 5.54 Å². The second-order valence-corrected chi connectivity index (χ2v) is 6.40. The smallest absolute Gasteiger partial charge is 0.0535 e. The number of nitrogens with one attached hydrogen (secondary N) is 1. The zero-order chi connectivity index (χ0) is 12.6. The van der Waals surface area contributed by atoms with E-state index in [0.717, 1.165) is 13.1 Å². The summed E-state index contributed by atoms with van der Waals surface area (Å²) in [6, 6.07) is 10.9. The fraction of sp³-hybridized carbons (Fsp3) is 0.625. The van der Waals surface area contributed by atoms with Gasteiger partial charge in [-0.05, 0) is 38.7 Å². The van der Waals surface area contributed by atoms with E-state index in [-0.39, 0.29) is 5.54 Å². The number of hydrogen-bond donors (Lipinski definition) is 1. The number of nitrogens with zero attached hydrogens (tertiary/aromatic N) is 1. The molecule has 1 aliphatic heterocycles. The molecule has 3 rings (SSSR count). The van der Waals surface area contributed by atoms with Crippen LogP contribution >= 0.6 is 0 Å². The van der Waals surface area contributed by atoms with Gasteiger partial charge in [-0.1, -0.05) is 30.3 Å². The van der Waals surface area contributed by atoms with Crippen molar-refractivity contribution in [1.29, 1.82) is 0 Å². The minimum absolute atomic E-state index is 0.109. The molecule has 98 valence electrons. The van der Waals surface area contributed by atoms with Gasteiger partial charge in [0, 0.05) is 25.2 Å². The maximum Gasteiger partial charge on any atom is 0.0535 e. The topological polar surface area (TPSA) is 15.3 Å². The van der Waals surface area contributed by atoms with Crippen molar-refractivity contribution in [3.05, 3.63) is 35.9 Å². The van der Waals surface area contributed by atoms with Gasteiger partial charge < -0.3 is 5.32 Å². The maximum absolute atomic E-state index is 3.72. The van der Waals surface area contributed by atoms with Crippen molar-refractivity contribution in [2.75, 3.05) is 19.6 Å². The molecule has 1 aromatic carbocycles. The van der Waals surface area contributed by atoms with Crippen LogP contribution in [0.5, 0.6) is 0 Å². The molecule has 1 saturated carbocycles. The molecule has 2 fully saturated rings. The highest BCUT2D eigenvalue weighted by Crippen LogP contribution is 2.39. The van der Waals surface area contributed by atoms with E-state index >= 15 is 0 Å². The summed E-state index contributed by atoms with van der Waals surface area (Å²) in [5.74, 6) is 0. The first kappa shape index (κ1) is 12.2. The van der Waals surface area contributed by atoms with Crippen LogP contribution in [-0.2, 0) is 5.54 Å². The van der Waals surface area contributed by atoms with Gasteiger partial charge in [-0.3, -0.25) is 4.90 Å². The maximum atomic E-state index is 3.72. The van der Waals surface area contributed by atoms with Crippen molar-refractivity contribution < 1.29 is 0 Å². The summed E-state index contributed by atoms with van der Waals surface area (Å²) in [4.78, 5) is 2.71. The first-order valence-corrected chi connectivity index (χ1v) is 7.18. The van der Waals surface area contributed by atoms with E-state index in [1.54, 1.807) is 0 Å². The predicted octanol–water partition coefficient (Wildman–Crippen LogP) is 2.75. The monoisotopic (exact) mass is 244 g/mol. The SMILES string of the molecule is CC1(c2ccccc2)CN(C2(C)CCC2)CCN1. The molecule has 18 heavy (non-hydrogen) atoms. The van der Waals surface area contributed by atoms with Gasteiger partial charge >= 0.3 is 0 Å². The molecule has 1 aliphatic carbocycles. The molecule has 0 aromatic heterocycles. The zero-order valence-corrected chi connectivity index (χ0v) is 11.6. The van der Waals surface area contributed by atoms with Crippen LogP contribution in [0.2, 0.25) is 0 Å². The minimum atomic E-state index is 0.109. The molecule has 1 unspecified atom stereocenters. The Kier molecular flexibility index (Phi) is 2.95. The highest BCUT2D eigenvalue weighted by atomic mass is 15.3. The third kappa shape index (κ3) is 1.98. The van der Waals surface area contributed by atoms with Gasteiger partial charge in [0.25, 0.3) is 0 Å². The van der Waals surface area contributed by atoms with Gasteiger partial charge in [0.05, 0.1) is 5.54 Å². The fourth-order valence-corrected chi connectivity index (χ4v) is 3.45. The Hall–Kier alpha value is -0.860. The number of rotatable bonds is 2. The molecule has 2 heteroatoms. The van der Waals surface area contributed by atoms with Crippen molar-refractivity contribution >= 4 is 0 Å². The Morgan fingerprint density at radius 3 is 2.44 bits per heavy atom. The lowest BCUT2D eigenvalue weighted by atomic mass is 9.75. The molecule has 1 heterocycles. The van der Waals surface area contributed by atoms with Crippen LogP contribution in [0.3, 0.4) is 0 Å². The molecule has 0 amide bonds. The number of benzene rings is 1. The first-order valence-electron chi connectivity index (χ1n) is 7.18. The van der Waals surface area contributed by atoms with Crippen molar-refractivity contribution in [3.63, 3.8) is 0 Å². The molecular weight excluding hydrogens is 220 g/mol. The van der Waals surface area contributed by atoms with Crippen molar-refractivity contribution in [3.8, 4) is 0 Å². The predicted molar refractivity (Wildman–Crippen MR) is 75.6 cm³/mol. The van der Waals surface area contributed by atoms with Gasteiger partial charge in [0.15, 0.2) is 0 Å². The van der Waals surface area contributed by atoms with Crippen LogP contribution in [0.25, 0.3) is 0 Å². The summed E-state index contributed by atoms with van der Waals surface area (Å²) in [7, 11) is 0. The lowest BCUT2D eigenvalue weighted by Crippen LogP contribution is -2.64. The first-order chi connectivity index (χ1) is 8.62. The molecule has 0 spiro atoms. The van der Waals surface area contributed by atoms with Crippen LogP contribution in [0.1, 0.15) is 38.7 Å². The van der Waals surface area contributed by atoms with Crippen LogP contribution < -0.4 is 5.32 Å². The van der Waals surface area contributed by atoms with E-state index in [4.69, 9.17) is 0 Å². The fourth-order valence-electron chi connectivity index (χ4n) is 3.45. The number of hydrogen-bond acceptors (Lipinski definition) is 2. The second-order valence-electron chi connectivity index (χ2n) is 6.40. The van der Waals surface area contributed by atoms with Gasteiger partial charge in [0.1, 0.15) is 0 Å². The van der Waals surface area contributed by atoms with E-state index in [9.17, 15) is 0 Å². The van der Waals surface area contributed by atoms with E-state index in [2.05, 4.69) is 54.4 Å². The molecule has 1 N–H and O–H groups in total. The van der Waals surface area contributed by atoms with E-state index in [1.165, 1.54) is 31.4 Å². The van der Waals surface area contributed by atoms with Crippen LogP contribution in [0.15, 0.2) is 30.3 Å². The summed E-state index contributed by atoms with van der Waals surface area (Å²) in [5.41, 5.74) is 1.99. The van der Waals surface area contributed by atoms with E-state index < -0.39 is 0 Å². The van der Waals surface area contributed by atoms with Crippen LogP contribution in [-0.4, -0.2) is 30.1 Å². The lowest BCUT2D eigenvalue weighted by molar-refractivity contribution is -0.00985. The standard InChI is InChI=1S/C16H24N2/c1-15(9-6-10-15)18-12-11-17-16(2,13-18)14-7-4-3-5-8-14/h3-5,7-8,17H,6,9-13H2,1-2H3. The van der Waals surface area contributed by atoms with Crippen molar-refractivity contribution in [2.24, 2.45) is 0 Å². The third-order valence-corrected chi connectivity index (χ3v) is 5.01. The Labute approximate surface area is 110 Å². The average Bonchev–Trinajstić information content (AvgIpc) is 2.37. The summed E-state index contributed by atoms with van der Waals surface area (Å²) in [5, 5.41) is 3.72. The summed E-state index contributed by atoms with van der Waals surface area (Å²) >= 11 is 0. The Morgan fingerprint density at radius 2 is 1.83 bits per heavy atom. The largest absolute Gasteiger partial charge is 0.305 e. The minimum Gasteiger partial charge on any atom is -0.305 e. The van der Waals surface area contributed by atoms with Crippen molar-refractivity contribution in [1.82, 2.24) is 10.2 Å². The molecule has 2 nitrogen and oxygen atoms in total. The number of piperazine rings is 1. The van der Waals surface area contributed by atoms with Gasteiger partial charge in [-0.25, -0.2) is 0 Å². The Morgan fingerprint density at radius 1 is 1.11 bits per heavy atom. The van der Waals surface area contributed by atoms with Gasteiger partial charge in [-0.2, -0.15) is 0 Å². The molecule has 2 aliphatic rings. The Bertz CT molecular complexity index is 410. The highest BCUT2D eigenvalue weighted by molar-refractivity contribution is 5.25. The Balaban J connectivity index is 1.81. The van der Waals surface area contributed by atoms with Gasteiger partial charge in [-0.15, -0.1) is 0 Å². The zero-order valence-electron chi connectivity index (χ0n) is 11.6. The summed E-state index contributed by atoms with van der Waals surface area (Å²) < 4.78 is 0. The summed E-state index contributed by atoms with van der Waals surface area (Å²) in [6.45, 7) is 8.21. The molecule has 0 radical (unpaired) electrons. The second kappa shape index (κ2) is 4.36. The van der Waals surface area contributed by atoms with E-state index in [1.807, 2.05) is 0 Å². The molecule has 0 bridgehead atoms. The third-order valence-electron chi connectivity index (χ3n) is 5.01. The van der Waals surface area contributed by atoms with Crippen molar-refractivity contribution in [2.45, 2.75) is 44.2 Å². The highest BCUT2D eigenvalue weighted by Gasteiger charge is 2.43. The lowest BCUT2D eigenvalue weighted by Gasteiger charge is -2.54. The quantitative estimate of drug-likeness (QED) is 0.860. The molecule has 1 aromatic rings.